The van der Waals surface area contributed by atoms with Crippen molar-refractivity contribution in [2.45, 2.75) is 12.2 Å². The summed E-state index contributed by atoms with van der Waals surface area (Å²) in [6, 6.07) is 6.81. The van der Waals surface area contributed by atoms with Crippen molar-refractivity contribution in [3.63, 3.8) is 0 Å². The summed E-state index contributed by atoms with van der Waals surface area (Å²) in [7, 11) is -3.15. The predicted molar refractivity (Wildman–Crippen MR) is 87.9 cm³/mol. The highest BCUT2D eigenvalue weighted by molar-refractivity contribution is 7.90. The Kier molecular flexibility index (Phi) is 3.11. The zero-order chi connectivity index (χ0) is 16.2. The van der Waals surface area contributed by atoms with Crippen molar-refractivity contribution in [2.24, 2.45) is 0 Å². The molecule has 0 spiro atoms. The Bertz CT molecular complexity index is 1080. The summed E-state index contributed by atoms with van der Waals surface area (Å²) >= 11 is 5.87. The number of aromatic amines is 1. The van der Waals surface area contributed by atoms with Gasteiger partial charge in [-0.25, -0.2) is 13.1 Å². The fourth-order valence-electron chi connectivity index (χ4n) is 2.85. The molecule has 3 aromatic rings. The average molecular weight is 350 g/mol. The normalized spacial score (nSPS) is 16.4. The van der Waals surface area contributed by atoms with Crippen LogP contribution in [0, 0.1) is 0 Å². The van der Waals surface area contributed by atoms with Crippen molar-refractivity contribution in [3.8, 4) is 5.69 Å². The molecule has 0 aliphatic carbocycles. The van der Waals surface area contributed by atoms with E-state index in [-0.39, 0.29) is 17.1 Å². The molecule has 3 heterocycles. The molecule has 4 rings (SSSR count). The molecule has 1 aromatic carbocycles. The van der Waals surface area contributed by atoms with Crippen LogP contribution in [0.25, 0.3) is 16.6 Å². The van der Waals surface area contributed by atoms with Gasteiger partial charge < -0.3 is 0 Å². The van der Waals surface area contributed by atoms with Gasteiger partial charge >= 0.3 is 0 Å². The highest BCUT2D eigenvalue weighted by atomic mass is 35.5. The van der Waals surface area contributed by atoms with Crippen LogP contribution in [-0.4, -0.2) is 28.9 Å². The molecule has 0 saturated heterocycles. The molecule has 1 aliphatic rings. The molecule has 0 radical (unpaired) electrons. The lowest BCUT2D eigenvalue weighted by molar-refractivity contribution is 0.591. The van der Waals surface area contributed by atoms with Crippen LogP contribution in [0.4, 0.5) is 0 Å². The molecule has 0 fully saturated rings. The lowest BCUT2D eigenvalue weighted by Crippen LogP contribution is -2.20. The Labute approximate surface area is 136 Å². The maximum atomic E-state index is 12.6. The first-order chi connectivity index (χ1) is 10.9. The largest absolute Gasteiger partial charge is 0.290 e. The number of fused-ring (bicyclic) bond motifs is 3. The second-order valence-corrected chi connectivity index (χ2v) is 8.16. The molecule has 118 valence electrons. The predicted octanol–water partition coefficient (Wildman–Crippen LogP) is 1.84. The minimum atomic E-state index is -3.15. The van der Waals surface area contributed by atoms with Crippen LogP contribution in [0.2, 0.25) is 5.02 Å². The smallest absolute Gasteiger partial charge is 0.280 e. The maximum absolute atomic E-state index is 12.6. The molecule has 23 heavy (non-hydrogen) atoms. The summed E-state index contributed by atoms with van der Waals surface area (Å²) in [4.78, 5) is 16.8. The van der Waals surface area contributed by atoms with Gasteiger partial charge in [-0.05, 0) is 24.3 Å². The van der Waals surface area contributed by atoms with E-state index in [2.05, 4.69) is 10.1 Å². The number of hydrogen-bond donors (Lipinski definition) is 1. The van der Waals surface area contributed by atoms with Crippen molar-refractivity contribution < 1.29 is 8.42 Å². The first-order valence-corrected chi connectivity index (χ1v) is 9.22. The minimum Gasteiger partial charge on any atom is -0.290 e. The summed E-state index contributed by atoms with van der Waals surface area (Å²) in [6.07, 6.45) is 1.89. The standard InChI is InChI=1S/C15H12ClN3O3S/c16-9-1-3-10(4-2-9)19-15(20)11-7-17-13-5-6-23(21,22)8-12(13)14(11)18-19/h1-4,7,18H,5-6,8H2. The van der Waals surface area contributed by atoms with Crippen molar-refractivity contribution in [2.75, 3.05) is 5.75 Å². The summed E-state index contributed by atoms with van der Waals surface area (Å²) < 4.78 is 25.2. The first kappa shape index (κ1) is 14.5. The van der Waals surface area contributed by atoms with Crippen LogP contribution in [-0.2, 0) is 22.0 Å². The Morgan fingerprint density at radius 3 is 2.70 bits per heavy atom. The van der Waals surface area contributed by atoms with Gasteiger partial charge in [-0.1, -0.05) is 11.6 Å². The van der Waals surface area contributed by atoms with Crippen LogP contribution >= 0.6 is 11.6 Å². The Morgan fingerprint density at radius 1 is 1.22 bits per heavy atom. The third-order valence-corrected chi connectivity index (χ3v) is 5.83. The fourth-order valence-corrected chi connectivity index (χ4v) is 4.38. The zero-order valence-corrected chi connectivity index (χ0v) is 13.5. The first-order valence-electron chi connectivity index (χ1n) is 7.02. The number of nitrogens with one attached hydrogen (secondary N) is 1. The van der Waals surface area contributed by atoms with E-state index in [0.717, 1.165) is 5.69 Å². The number of benzene rings is 1. The molecule has 1 N–H and O–H groups in total. The molecular formula is C15H12ClN3O3S. The quantitative estimate of drug-likeness (QED) is 0.726. The van der Waals surface area contributed by atoms with E-state index < -0.39 is 9.84 Å². The number of rotatable bonds is 1. The van der Waals surface area contributed by atoms with Crippen molar-refractivity contribution in [1.29, 1.82) is 0 Å². The number of aryl methyl sites for hydroxylation is 1. The van der Waals surface area contributed by atoms with Gasteiger partial charge in [0.25, 0.3) is 5.56 Å². The minimum absolute atomic E-state index is 0.0900. The number of pyridine rings is 1. The highest BCUT2D eigenvalue weighted by Gasteiger charge is 2.26. The van der Waals surface area contributed by atoms with Crippen molar-refractivity contribution in [3.05, 3.63) is 57.1 Å². The van der Waals surface area contributed by atoms with E-state index in [1.54, 1.807) is 24.3 Å². The molecule has 0 saturated carbocycles. The Balaban J connectivity index is 1.98. The highest BCUT2D eigenvalue weighted by Crippen LogP contribution is 2.25. The van der Waals surface area contributed by atoms with Crippen LogP contribution in [0.3, 0.4) is 0 Å². The molecule has 0 atom stereocenters. The van der Waals surface area contributed by atoms with E-state index in [0.29, 0.717) is 33.6 Å². The summed E-state index contributed by atoms with van der Waals surface area (Å²) in [5.41, 5.74) is 2.23. The van der Waals surface area contributed by atoms with Gasteiger partial charge in [0.15, 0.2) is 9.84 Å². The van der Waals surface area contributed by atoms with Gasteiger partial charge in [0.1, 0.15) is 0 Å². The number of sulfone groups is 1. The van der Waals surface area contributed by atoms with Crippen LogP contribution < -0.4 is 5.56 Å². The second-order valence-electron chi connectivity index (χ2n) is 5.54. The molecule has 8 heteroatoms. The lowest BCUT2D eigenvalue weighted by atomic mass is 10.1. The topological polar surface area (TPSA) is 84.8 Å². The van der Waals surface area contributed by atoms with E-state index in [1.165, 1.54) is 10.9 Å². The van der Waals surface area contributed by atoms with Gasteiger partial charge in [0, 0.05) is 28.9 Å². The second kappa shape index (κ2) is 4.94. The van der Waals surface area contributed by atoms with Gasteiger partial charge in [0.05, 0.1) is 28.1 Å². The van der Waals surface area contributed by atoms with Crippen molar-refractivity contribution in [1.82, 2.24) is 14.8 Å². The number of aromatic nitrogens is 3. The summed E-state index contributed by atoms with van der Waals surface area (Å²) in [6.45, 7) is 0. The van der Waals surface area contributed by atoms with Gasteiger partial charge in [0.2, 0.25) is 0 Å². The number of nitrogens with zero attached hydrogens (tertiary/aromatic N) is 2. The Morgan fingerprint density at radius 2 is 1.96 bits per heavy atom. The molecular weight excluding hydrogens is 338 g/mol. The van der Waals surface area contributed by atoms with E-state index in [9.17, 15) is 13.2 Å². The zero-order valence-electron chi connectivity index (χ0n) is 11.9. The van der Waals surface area contributed by atoms with E-state index in [4.69, 9.17) is 11.6 Å². The monoisotopic (exact) mass is 349 g/mol. The van der Waals surface area contributed by atoms with Gasteiger partial charge in [-0.2, -0.15) is 0 Å². The number of halogens is 1. The third-order valence-electron chi connectivity index (χ3n) is 4.02. The molecule has 2 aromatic heterocycles. The van der Waals surface area contributed by atoms with Gasteiger partial charge in [-0.15, -0.1) is 0 Å². The lowest BCUT2D eigenvalue weighted by Gasteiger charge is -2.15. The van der Waals surface area contributed by atoms with Gasteiger partial charge in [-0.3, -0.25) is 14.9 Å². The molecule has 0 unspecified atom stereocenters. The maximum Gasteiger partial charge on any atom is 0.280 e. The van der Waals surface area contributed by atoms with E-state index >= 15 is 0 Å². The van der Waals surface area contributed by atoms with Crippen LogP contribution in [0.1, 0.15) is 11.3 Å². The van der Waals surface area contributed by atoms with Crippen LogP contribution in [0.15, 0.2) is 35.3 Å². The molecule has 0 amide bonds. The van der Waals surface area contributed by atoms with E-state index in [1.807, 2.05) is 0 Å². The number of H-pyrrole nitrogens is 1. The average Bonchev–Trinajstić information content (AvgIpc) is 2.85. The fraction of sp³-hybridized carbons (Fsp3) is 0.200. The SMILES string of the molecule is O=c1c2cnc3c(c2[nH]n1-c1ccc(Cl)cc1)CS(=O)(=O)CC3. The summed E-state index contributed by atoms with van der Waals surface area (Å²) in [5, 5.41) is 3.98. The summed E-state index contributed by atoms with van der Waals surface area (Å²) in [5.74, 6) is 0.00781. The number of hydrogen-bond acceptors (Lipinski definition) is 4. The molecule has 1 aliphatic heterocycles. The van der Waals surface area contributed by atoms with Crippen molar-refractivity contribution >= 4 is 32.3 Å². The molecule has 6 nitrogen and oxygen atoms in total. The Hall–Kier alpha value is -2.12. The van der Waals surface area contributed by atoms with Crippen LogP contribution in [0.5, 0.6) is 0 Å². The third kappa shape index (κ3) is 2.36. The molecule has 0 bridgehead atoms.